The molecule has 12 heavy (non-hydrogen) atoms. The van der Waals surface area contributed by atoms with Gasteiger partial charge in [0.2, 0.25) is 11.8 Å². The predicted molar refractivity (Wildman–Crippen MR) is 45.5 cm³/mol. The molecule has 0 N–H and O–H groups in total. The first-order valence-electron chi connectivity index (χ1n) is 3.23. The van der Waals surface area contributed by atoms with E-state index in [1.54, 1.807) is 0 Å². The topological polar surface area (TPSA) is 54.5 Å². The number of nitrogens with zero attached hydrogens (tertiary/aromatic N) is 1. The minimum absolute atomic E-state index is 0. The summed E-state index contributed by atoms with van der Waals surface area (Å²) in [6.07, 6.45) is 0. The van der Waals surface area contributed by atoms with E-state index in [-0.39, 0.29) is 19.8 Å². The first-order chi connectivity index (χ1) is 4.95. The summed E-state index contributed by atoms with van der Waals surface area (Å²) in [4.78, 5) is 32.8. The maximum absolute atomic E-state index is 10.7. The number of Topliss-reactive ketones (excluding diaryl/α,β-unsaturated/α-hetero) is 1. The standard InChI is InChI=1S/C7H11NO3.CH4/c1-5(9)4-8(6(2)10)7(3)11;/h4H2,1-3H3;1H4. The van der Waals surface area contributed by atoms with Crippen molar-refractivity contribution >= 4 is 17.6 Å². The number of amides is 2. The predicted octanol–water partition coefficient (Wildman–Crippen LogP) is 0.606. The fourth-order valence-corrected chi connectivity index (χ4v) is 0.667. The summed E-state index contributed by atoms with van der Waals surface area (Å²) in [5.74, 6) is -0.990. The Morgan fingerprint density at radius 1 is 1.00 bits per heavy atom. The Morgan fingerprint density at radius 2 is 1.33 bits per heavy atom. The second-order valence-corrected chi connectivity index (χ2v) is 2.33. The molecule has 0 aliphatic heterocycles. The van der Waals surface area contributed by atoms with Gasteiger partial charge in [0, 0.05) is 13.8 Å². The van der Waals surface area contributed by atoms with Crippen LogP contribution in [0.1, 0.15) is 28.2 Å². The Bertz CT molecular complexity index is 184. The van der Waals surface area contributed by atoms with E-state index >= 15 is 0 Å². The van der Waals surface area contributed by atoms with Gasteiger partial charge in [-0.15, -0.1) is 0 Å². The zero-order chi connectivity index (χ0) is 9.02. The minimum Gasteiger partial charge on any atom is -0.298 e. The van der Waals surface area contributed by atoms with E-state index in [0.717, 1.165) is 4.90 Å². The van der Waals surface area contributed by atoms with Gasteiger partial charge >= 0.3 is 0 Å². The molecule has 0 aliphatic rings. The highest BCUT2D eigenvalue weighted by Crippen LogP contribution is 1.90. The summed E-state index contributed by atoms with van der Waals surface area (Å²) in [5, 5.41) is 0. The summed E-state index contributed by atoms with van der Waals surface area (Å²) in [5.41, 5.74) is 0. The largest absolute Gasteiger partial charge is 0.298 e. The number of hydrogen-bond donors (Lipinski definition) is 0. The monoisotopic (exact) mass is 173 g/mol. The maximum Gasteiger partial charge on any atom is 0.226 e. The smallest absolute Gasteiger partial charge is 0.226 e. The molecule has 0 heterocycles. The van der Waals surface area contributed by atoms with Crippen LogP contribution in [0.2, 0.25) is 0 Å². The van der Waals surface area contributed by atoms with Crippen molar-refractivity contribution in [2.75, 3.05) is 6.54 Å². The second-order valence-electron chi connectivity index (χ2n) is 2.33. The normalized spacial score (nSPS) is 8.25. The third-order valence-corrected chi connectivity index (χ3v) is 1.14. The molecule has 0 aromatic carbocycles. The zero-order valence-electron chi connectivity index (χ0n) is 6.88. The van der Waals surface area contributed by atoms with Gasteiger partial charge in [0.1, 0.15) is 5.78 Å². The number of ketones is 1. The van der Waals surface area contributed by atoms with E-state index in [1.807, 2.05) is 0 Å². The molecule has 0 atom stereocenters. The quantitative estimate of drug-likeness (QED) is 0.614. The highest BCUT2D eigenvalue weighted by molar-refractivity contribution is 5.96. The third kappa shape index (κ3) is 4.60. The molecule has 70 valence electrons. The van der Waals surface area contributed by atoms with Gasteiger partial charge in [0.15, 0.2) is 0 Å². The highest BCUT2D eigenvalue weighted by Gasteiger charge is 2.14. The lowest BCUT2D eigenvalue weighted by Gasteiger charge is -2.14. The van der Waals surface area contributed by atoms with Crippen LogP contribution in [0.5, 0.6) is 0 Å². The lowest BCUT2D eigenvalue weighted by molar-refractivity contribution is -0.144. The first kappa shape index (κ1) is 13.4. The van der Waals surface area contributed by atoms with Crippen LogP contribution >= 0.6 is 0 Å². The molecule has 4 heteroatoms. The van der Waals surface area contributed by atoms with Gasteiger partial charge in [-0.3, -0.25) is 19.3 Å². The lowest BCUT2D eigenvalue weighted by Crippen LogP contribution is -2.36. The van der Waals surface area contributed by atoms with Crippen LogP contribution in [0.3, 0.4) is 0 Å². The summed E-state index contributed by atoms with van der Waals surface area (Å²) in [6.45, 7) is 3.72. The van der Waals surface area contributed by atoms with Crippen LogP contribution in [-0.2, 0) is 14.4 Å². The minimum atomic E-state index is -0.396. The molecular weight excluding hydrogens is 158 g/mol. The van der Waals surface area contributed by atoms with E-state index < -0.39 is 11.8 Å². The maximum atomic E-state index is 10.7. The highest BCUT2D eigenvalue weighted by atomic mass is 16.2. The number of imide groups is 1. The Balaban J connectivity index is 0. The van der Waals surface area contributed by atoms with E-state index in [1.165, 1.54) is 20.8 Å². The van der Waals surface area contributed by atoms with Gasteiger partial charge in [-0.25, -0.2) is 0 Å². The van der Waals surface area contributed by atoms with Crippen LogP contribution in [0.25, 0.3) is 0 Å². The molecule has 0 unspecified atom stereocenters. The molecule has 0 rings (SSSR count). The first-order valence-corrected chi connectivity index (χ1v) is 3.23. The van der Waals surface area contributed by atoms with Crippen molar-refractivity contribution in [3.05, 3.63) is 0 Å². The van der Waals surface area contributed by atoms with E-state index in [4.69, 9.17) is 0 Å². The molecule has 0 saturated carbocycles. The van der Waals surface area contributed by atoms with Crippen molar-refractivity contribution in [3.63, 3.8) is 0 Å². The van der Waals surface area contributed by atoms with Crippen molar-refractivity contribution in [1.82, 2.24) is 4.90 Å². The van der Waals surface area contributed by atoms with Gasteiger partial charge in [0.05, 0.1) is 6.54 Å². The Labute approximate surface area is 72.5 Å². The molecule has 4 nitrogen and oxygen atoms in total. The molecule has 0 aliphatic carbocycles. The SMILES string of the molecule is C.CC(=O)CN(C(C)=O)C(C)=O. The Hall–Kier alpha value is -1.19. The average Bonchev–Trinajstić information content (AvgIpc) is 1.81. The molecule has 0 saturated heterocycles. The summed E-state index contributed by atoms with van der Waals surface area (Å²) >= 11 is 0. The second kappa shape index (κ2) is 5.46. The van der Waals surface area contributed by atoms with E-state index in [0.29, 0.717) is 0 Å². The van der Waals surface area contributed by atoms with Crippen molar-refractivity contribution in [3.8, 4) is 0 Å². The van der Waals surface area contributed by atoms with Gasteiger partial charge in [0.25, 0.3) is 0 Å². The van der Waals surface area contributed by atoms with Crippen molar-refractivity contribution in [1.29, 1.82) is 0 Å². The average molecular weight is 173 g/mol. The Morgan fingerprint density at radius 3 is 1.42 bits per heavy atom. The van der Waals surface area contributed by atoms with Gasteiger partial charge in [-0.1, -0.05) is 7.43 Å². The van der Waals surface area contributed by atoms with Crippen LogP contribution in [0.4, 0.5) is 0 Å². The van der Waals surface area contributed by atoms with E-state index in [9.17, 15) is 14.4 Å². The Kier molecular flexibility index (Phi) is 6.10. The van der Waals surface area contributed by atoms with Gasteiger partial charge in [-0.05, 0) is 6.92 Å². The fourth-order valence-electron chi connectivity index (χ4n) is 0.667. The van der Waals surface area contributed by atoms with Crippen LogP contribution in [0, 0.1) is 0 Å². The van der Waals surface area contributed by atoms with Crippen LogP contribution < -0.4 is 0 Å². The number of hydrogen-bond acceptors (Lipinski definition) is 3. The third-order valence-electron chi connectivity index (χ3n) is 1.14. The number of carbonyl (C=O) groups excluding carboxylic acids is 3. The summed E-state index contributed by atoms with van der Waals surface area (Å²) in [7, 11) is 0. The molecule has 0 aromatic rings. The van der Waals surface area contributed by atoms with Crippen molar-refractivity contribution < 1.29 is 14.4 Å². The van der Waals surface area contributed by atoms with Crippen LogP contribution in [-0.4, -0.2) is 29.0 Å². The molecule has 0 bridgehead atoms. The molecular formula is C8H15NO3. The molecule has 0 spiro atoms. The summed E-state index contributed by atoms with van der Waals surface area (Å²) < 4.78 is 0. The number of carbonyl (C=O) groups is 3. The molecule has 0 radical (unpaired) electrons. The lowest BCUT2D eigenvalue weighted by atomic mass is 10.4. The van der Waals surface area contributed by atoms with Crippen molar-refractivity contribution in [2.24, 2.45) is 0 Å². The van der Waals surface area contributed by atoms with Crippen molar-refractivity contribution in [2.45, 2.75) is 28.2 Å². The number of rotatable bonds is 2. The van der Waals surface area contributed by atoms with Gasteiger partial charge in [-0.2, -0.15) is 0 Å². The van der Waals surface area contributed by atoms with Crippen LogP contribution in [0.15, 0.2) is 0 Å². The van der Waals surface area contributed by atoms with Gasteiger partial charge < -0.3 is 0 Å². The summed E-state index contributed by atoms with van der Waals surface area (Å²) in [6, 6.07) is 0. The fraction of sp³-hybridized carbons (Fsp3) is 0.625. The molecule has 0 fully saturated rings. The molecule has 0 aromatic heterocycles. The zero-order valence-corrected chi connectivity index (χ0v) is 6.88. The van der Waals surface area contributed by atoms with E-state index in [2.05, 4.69) is 0 Å². The molecule has 2 amide bonds.